The van der Waals surface area contributed by atoms with E-state index in [1.54, 1.807) is 6.92 Å². The van der Waals surface area contributed by atoms with Gasteiger partial charge in [0.05, 0.1) is 17.3 Å². The summed E-state index contributed by atoms with van der Waals surface area (Å²) >= 11 is 11.9. The van der Waals surface area contributed by atoms with Crippen molar-refractivity contribution in [3.8, 4) is 0 Å². The van der Waals surface area contributed by atoms with Gasteiger partial charge in [-0.3, -0.25) is 4.79 Å². The fraction of sp³-hybridized carbons (Fsp3) is 0.286. The summed E-state index contributed by atoms with van der Waals surface area (Å²) in [4.78, 5) is 18.7. The van der Waals surface area contributed by atoms with Crippen LogP contribution in [-0.2, 0) is 23.0 Å². The SMILES string of the molecule is Cc1nc2c(c(=O)[nH]1)CCN(S(=O)(=O)c1cc(Cl)ccc1Cl)C2. The van der Waals surface area contributed by atoms with Crippen molar-refractivity contribution in [3.05, 3.63) is 55.7 Å². The van der Waals surface area contributed by atoms with E-state index in [4.69, 9.17) is 23.2 Å². The maximum Gasteiger partial charge on any atom is 0.254 e. The zero-order chi connectivity index (χ0) is 16.8. The minimum atomic E-state index is -3.82. The normalized spacial score (nSPS) is 15.4. The third-order valence-corrected chi connectivity index (χ3v) is 6.23. The number of rotatable bonds is 2. The van der Waals surface area contributed by atoms with Crippen molar-refractivity contribution in [2.45, 2.75) is 24.8 Å². The van der Waals surface area contributed by atoms with Crippen LogP contribution in [0.4, 0.5) is 0 Å². The molecule has 1 aliphatic heterocycles. The lowest BCUT2D eigenvalue weighted by atomic mass is 10.1. The summed E-state index contributed by atoms with van der Waals surface area (Å²) in [5, 5.41) is 0.394. The van der Waals surface area contributed by atoms with Gasteiger partial charge in [0, 0.05) is 17.1 Å². The third-order valence-electron chi connectivity index (χ3n) is 3.67. The van der Waals surface area contributed by atoms with Crippen LogP contribution in [0, 0.1) is 6.92 Å². The Hall–Kier alpha value is -1.41. The highest BCUT2D eigenvalue weighted by Gasteiger charge is 2.31. The van der Waals surface area contributed by atoms with E-state index < -0.39 is 10.0 Å². The number of sulfonamides is 1. The van der Waals surface area contributed by atoms with Crippen LogP contribution < -0.4 is 5.56 Å². The third kappa shape index (κ3) is 3.01. The summed E-state index contributed by atoms with van der Waals surface area (Å²) in [7, 11) is -3.82. The molecule has 3 rings (SSSR count). The molecule has 23 heavy (non-hydrogen) atoms. The summed E-state index contributed by atoms with van der Waals surface area (Å²) in [5.74, 6) is 0.453. The van der Waals surface area contributed by atoms with Gasteiger partial charge in [-0.2, -0.15) is 4.31 Å². The van der Waals surface area contributed by atoms with Gasteiger partial charge in [-0.1, -0.05) is 23.2 Å². The fourth-order valence-corrected chi connectivity index (χ4v) is 4.70. The van der Waals surface area contributed by atoms with Crippen molar-refractivity contribution in [2.75, 3.05) is 6.54 Å². The number of aromatic amines is 1. The Morgan fingerprint density at radius 3 is 2.78 bits per heavy atom. The molecule has 0 saturated heterocycles. The van der Waals surface area contributed by atoms with Crippen LogP contribution in [0.1, 0.15) is 17.1 Å². The van der Waals surface area contributed by atoms with Gasteiger partial charge in [-0.15, -0.1) is 0 Å². The van der Waals surface area contributed by atoms with Crippen LogP contribution in [0.15, 0.2) is 27.9 Å². The molecule has 122 valence electrons. The first kappa shape index (κ1) is 16.4. The lowest BCUT2D eigenvalue weighted by Gasteiger charge is -2.27. The molecule has 2 aromatic rings. The monoisotopic (exact) mass is 373 g/mol. The van der Waals surface area contributed by atoms with Gasteiger partial charge in [-0.05, 0) is 31.5 Å². The van der Waals surface area contributed by atoms with Crippen molar-refractivity contribution in [1.82, 2.24) is 14.3 Å². The Balaban J connectivity index is 2.03. The molecule has 0 radical (unpaired) electrons. The number of nitrogens with one attached hydrogen (secondary N) is 1. The Bertz CT molecular complexity index is 941. The van der Waals surface area contributed by atoms with Crippen LogP contribution in [0.5, 0.6) is 0 Å². The molecule has 6 nitrogen and oxygen atoms in total. The minimum absolute atomic E-state index is 0.0330. The Morgan fingerprint density at radius 1 is 1.30 bits per heavy atom. The first-order valence-electron chi connectivity index (χ1n) is 6.83. The molecule has 1 aliphatic rings. The molecule has 0 unspecified atom stereocenters. The molecule has 1 aromatic carbocycles. The number of aryl methyl sites for hydroxylation is 1. The van der Waals surface area contributed by atoms with Gasteiger partial charge >= 0.3 is 0 Å². The molecular formula is C14H13Cl2N3O3S. The van der Waals surface area contributed by atoms with Gasteiger partial charge in [0.1, 0.15) is 10.7 Å². The lowest BCUT2D eigenvalue weighted by Crippen LogP contribution is -2.39. The highest BCUT2D eigenvalue weighted by Crippen LogP contribution is 2.29. The first-order valence-corrected chi connectivity index (χ1v) is 9.02. The zero-order valence-corrected chi connectivity index (χ0v) is 14.5. The molecule has 9 heteroatoms. The highest BCUT2D eigenvalue weighted by atomic mass is 35.5. The molecule has 0 saturated carbocycles. The second-order valence-corrected chi connectivity index (χ2v) is 7.99. The number of nitrogens with zero attached hydrogens (tertiary/aromatic N) is 2. The predicted octanol–water partition coefficient (Wildman–Crippen LogP) is 2.13. The molecule has 0 spiro atoms. The molecule has 0 aliphatic carbocycles. The summed E-state index contributed by atoms with van der Waals surface area (Å²) < 4.78 is 26.9. The molecule has 0 atom stereocenters. The largest absolute Gasteiger partial charge is 0.311 e. The van der Waals surface area contributed by atoms with Gasteiger partial charge in [0.2, 0.25) is 10.0 Å². The van der Waals surface area contributed by atoms with Crippen molar-refractivity contribution in [2.24, 2.45) is 0 Å². The van der Waals surface area contributed by atoms with Crippen molar-refractivity contribution < 1.29 is 8.42 Å². The molecule has 0 fully saturated rings. The van der Waals surface area contributed by atoms with E-state index >= 15 is 0 Å². The lowest BCUT2D eigenvalue weighted by molar-refractivity contribution is 0.383. The molecule has 0 amide bonds. The van der Waals surface area contributed by atoms with Crippen LogP contribution in [0.25, 0.3) is 0 Å². The van der Waals surface area contributed by atoms with Gasteiger partial charge < -0.3 is 4.98 Å². The van der Waals surface area contributed by atoms with Crippen molar-refractivity contribution in [1.29, 1.82) is 0 Å². The minimum Gasteiger partial charge on any atom is -0.311 e. The van der Waals surface area contributed by atoms with E-state index in [2.05, 4.69) is 9.97 Å². The number of H-pyrrole nitrogens is 1. The average Bonchev–Trinajstić information content (AvgIpc) is 2.48. The Morgan fingerprint density at radius 2 is 2.04 bits per heavy atom. The van der Waals surface area contributed by atoms with Gasteiger partial charge in [-0.25, -0.2) is 13.4 Å². The molecule has 2 heterocycles. The van der Waals surface area contributed by atoms with Gasteiger partial charge in [0.15, 0.2) is 0 Å². The maximum absolute atomic E-state index is 12.8. The van der Waals surface area contributed by atoms with E-state index in [9.17, 15) is 13.2 Å². The fourth-order valence-electron chi connectivity index (χ4n) is 2.56. The molecule has 1 aromatic heterocycles. The van der Waals surface area contributed by atoms with Crippen LogP contribution in [0.3, 0.4) is 0 Å². The topological polar surface area (TPSA) is 83.1 Å². The maximum atomic E-state index is 12.8. The summed E-state index contributed by atoms with van der Waals surface area (Å²) in [6, 6.07) is 4.30. The molecule has 1 N–H and O–H groups in total. The number of hydrogen-bond acceptors (Lipinski definition) is 4. The number of fused-ring (bicyclic) bond motifs is 1. The second kappa shape index (κ2) is 5.90. The molecule has 0 bridgehead atoms. The number of benzene rings is 1. The standard InChI is InChI=1S/C14H13Cl2N3O3S/c1-8-17-12-7-19(5-4-10(12)14(20)18-8)23(21,22)13-6-9(15)2-3-11(13)16/h2-3,6H,4-5,7H2,1H3,(H,17,18,20). The van der Waals surface area contributed by atoms with Gasteiger partial charge in [0.25, 0.3) is 5.56 Å². The van der Waals surface area contributed by atoms with E-state index in [0.717, 1.165) is 0 Å². The zero-order valence-electron chi connectivity index (χ0n) is 12.1. The Labute approximate surface area is 143 Å². The molecular weight excluding hydrogens is 361 g/mol. The quantitative estimate of drug-likeness (QED) is 0.873. The summed E-state index contributed by atoms with van der Waals surface area (Å²) in [6.07, 6.45) is 0.301. The van der Waals surface area contributed by atoms with E-state index in [-0.39, 0.29) is 33.6 Å². The van der Waals surface area contributed by atoms with Crippen LogP contribution in [0.2, 0.25) is 10.0 Å². The van der Waals surface area contributed by atoms with Crippen LogP contribution in [-0.4, -0.2) is 29.2 Å². The Kier molecular flexibility index (Phi) is 4.22. The second-order valence-electron chi connectivity index (χ2n) is 5.24. The van der Waals surface area contributed by atoms with Crippen LogP contribution >= 0.6 is 23.2 Å². The number of hydrogen-bond donors (Lipinski definition) is 1. The number of aromatic nitrogens is 2. The van der Waals surface area contributed by atoms with E-state index in [0.29, 0.717) is 23.5 Å². The van der Waals surface area contributed by atoms with Crippen molar-refractivity contribution >= 4 is 33.2 Å². The van der Waals surface area contributed by atoms with E-state index in [1.165, 1.54) is 22.5 Å². The number of halogens is 2. The summed E-state index contributed by atoms with van der Waals surface area (Å²) in [6.45, 7) is 1.88. The highest BCUT2D eigenvalue weighted by molar-refractivity contribution is 7.89. The first-order chi connectivity index (χ1) is 10.8. The van der Waals surface area contributed by atoms with E-state index in [1.807, 2.05) is 0 Å². The predicted molar refractivity (Wildman–Crippen MR) is 87.4 cm³/mol. The van der Waals surface area contributed by atoms with Crippen molar-refractivity contribution in [3.63, 3.8) is 0 Å². The summed E-state index contributed by atoms with van der Waals surface area (Å²) in [5.41, 5.74) is 0.781. The smallest absolute Gasteiger partial charge is 0.254 e. The average molecular weight is 374 g/mol.